The van der Waals surface area contributed by atoms with E-state index in [0.29, 0.717) is 0 Å². The molecule has 1 aliphatic carbocycles. The highest BCUT2D eigenvalue weighted by Gasteiger charge is 2.20. The fourth-order valence-corrected chi connectivity index (χ4v) is 2.84. The van der Waals surface area contributed by atoms with Crippen molar-refractivity contribution in [3.05, 3.63) is 38.3 Å². The van der Waals surface area contributed by atoms with Crippen molar-refractivity contribution in [1.29, 1.82) is 0 Å². The van der Waals surface area contributed by atoms with Gasteiger partial charge in [-0.25, -0.2) is 4.98 Å². The van der Waals surface area contributed by atoms with Gasteiger partial charge in [-0.15, -0.1) is 0 Å². The lowest BCUT2D eigenvalue weighted by molar-refractivity contribution is 0.494. The van der Waals surface area contributed by atoms with E-state index >= 15 is 0 Å². The molecule has 1 heterocycles. The highest BCUT2D eigenvalue weighted by molar-refractivity contribution is 14.1. The van der Waals surface area contributed by atoms with Crippen molar-refractivity contribution in [1.82, 2.24) is 10.3 Å². The van der Waals surface area contributed by atoms with E-state index in [1.807, 2.05) is 12.3 Å². The molecule has 1 aliphatic rings. The molecule has 0 unspecified atom stereocenters. The van der Waals surface area contributed by atoms with Crippen LogP contribution in [0.5, 0.6) is 0 Å². The summed E-state index contributed by atoms with van der Waals surface area (Å²) in [5, 5.41) is 3.46. The van der Waals surface area contributed by atoms with Crippen molar-refractivity contribution in [3.8, 4) is 11.3 Å². The van der Waals surface area contributed by atoms with Gasteiger partial charge in [-0.2, -0.15) is 0 Å². The van der Waals surface area contributed by atoms with Gasteiger partial charge >= 0.3 is 0 Å². The van der Waals surface area contributed by atoms with Crippen LogP contribution in [-0.4, -0.2) is 17.6 Å². The first-order valence-corrected chi connectivity index (χ1v) is 8.23. The van der Waals surface area contributed by atoms with E-state index in [1.165, 1.54) is 16.4 Å². The molecule has 0 saturated heterocycles. The standard InChI is InChI=1S/C14H14BrIN2O/c15-12-4-1-9(16)7-11(12)13-8-18-14(19-13)5-6-17-10-2-3-10/h1,4,7-8,10,17H,2-3,5-6H2. The summed E-state index contributed by atoms with van der Waals surface area (Å²) < 4.78 is 8.04. The lowest BCUT2D eigenvalue weighted by Gasteiger charge is -2.01. The van der Waals surface area contributed by atoms with Gasteiger partial charge in [0, 0.05) is 32.6 Å². The maximum absolute atomic E-state index is 5.82. The number of aromatic nitrogens is 1. The van der Waals surface area contributed by atoms with Gasteiger partial charge in [0.05, 0.1) is 6.20 Å². The molecule has 0 spiro atoms. The maximum Gasteiger partial charge on any atom is 0.196 e. The van der Waals surface area contributed by atoms with Crippen molar-refractivity contribution >= 4 is 38.5 Å². The molecule has 1 N–H and O–H groups in total. The van der Waals surface area contributed by atoms with Crippen LogP contribution >= 0.6 is 38.5 Å². The lowest BCUT2D eigenvalue weighted by atomic mass is 10.2. The van der Waals surface area contributed by atoms with Gasteiger partial charge in [0.15, 0.2) is 11.7 Å². The third-order valence-corrected chi connectivity index (χ3v) is 4.46. The number of halogens is 2. The van der Waals surface area contributed by atoms with E-state index in [1.54, 1.807) is 0 Å². The summed E-state index contributed by atoms with van der Waals surface area (Å²) in [6, 6.07) is 6.93. The summed E-state index contributed by atoms with van der Waals surface area (Å²) in [4.78, 5) is 4.35. The smallest absolute Gasteiger partial charge is 0.196 e. The predicted octanol–water partition coefficient (Wildman–Crippen LogP) is 4.00. The van der Waals surface area contributed by atoms with Crippen molar-refractivity contribution in [2.45, 2.75) is 25.3 Å². The molecular weight excluding hydrogens is 419 g/mol. The zero-order valence-electron chi connectivity index (χ0n) is 10.3. The normalized spacial score (nSPS) is 14.8. The van der Waals surface area contributed by atoms with Crippen LogP contribution < -0.4 is 5.32 Å². The monoisotopic (exact) mass is 432 g/mol. The van der Waals surface area contributed by atoms with Gasteiger partial charge in [-0.05, 0) is 53.6 Å². The second-order valence-electron chi connectivity index (χ2n) is 4.72. The lowest BCUT2D eigenvalue weighted by Crippen LogP contribution is -2.19. The number of nitrogens with zero attached hydrogens (tertiary/aromatic N) is 1. The zero-order valence-corrected chi connectivity index (χ0v) is 14.1. The molecule has 100 valence electrons. The zero-order chi connectivity index (χ0) is 13.2. The van der Waals surface area contributed by atoms with Crippen LogP contribution in [0.3, 0.4) is 0 Å². The molecule has 2 aromatic rings. The predicted molar refractivity (Wildman–Crippen MR) is 87.1 cm³/mol. The molecule has 1 fully saturated rings. The molecule has 0 bridgehead atoms. The summed E-state index contributed by atoms with van der Waals surface area (Å²) in [6.45, 7) is 0.943. The van der Waals surface area contributed by atoms with Gasteiger partial charge in [-0.3, -0.25) is 0 Å². The van der Waals surface area contributed by atoms with Crippen molar-refractivity contribution in [2.75, 3.05) is 6.54 Å². The van der Waals surface area contributed by atoms with Gasteiger partial charge in [0.1, 0.15) is 0 Å². The fraction of sp³-hybridized carbons (Fsp3) is 0.357. The first-order valence-electron chi connectivity index (χ1n) is 6.36. The Labute approximate surface area is 134 Å². The van der Waals surface area contributed by atoms with E-state index in [4.69, 9.17) is 4.42 Å². The summed E-state index contributed by atoms with van der Waals surface area (Å²) in [5.74, 6) is 1.63. The average Bonchev–Trinajstić information content (AvgIpc) is 3.10. The van der Waals surface area contributed by atoms with Crippen LogP contribution in [0.1, 0.15) is 18.7 Å². The third kappa shape index (κ3) is 3.58. The molecule has 3 rings (SSSR count). The molecule has 1 aromatic heterocycles. The summed E-state index contributed by atoms with van der Waals surface area (Å²) in [6.07, 6.45) is 5.28. The number of hydrogen-bond acceptors (Lipinski definition) is 3. The minimum absolute atomic E-state index is 0.735. The molecule has 1 saturated carbocycles. The molecule has 19 heavy (non-hydrogen) atoms. The van der Waals surface area contributed by atoms with Gasteiger partial charge in [0.25, 0.3) is 0 Å². The number of nitrogens with one attached hydrogen (secondary N) is 1. The topological polar surface area (TPSA) is 38.1 Å². The summed E-state index contributed by atoms with van der Waals surface area (Å²) in [7, 11) is 0. The number of hydrogen-bond donors (Lipinski definition) is 1. The maximum atomic E-state index is 5.82. The largest absolute Gasteiger partial charge is 0.441 e. The third-order valence-electron chi connectivity index (χ3n) is 3.10. The van der Waals surface area contributed by atoms with Gasteiger partial charge in [0.2, 0.25) is 0 Å². The number of oxazole rings is 1. The number of rotatable bonds is 5. The second kappa shape index (κ2) is 5.93. The molecule has 0 atom stereocenters. The Morgan fingerprint density at radius 3 is 3.05 bits per heavy atom. The Hall–Kier alpha value is -0.400. The molecular formula is C14H14BrIN2O. The van der Waals surface area contributed by atoms with Crippen molar-refractivity contribution in [2.24, 2.45) is 0 Å². The Bertz CT molecular complexity index is 581. The molecule has 0 amide bonds. The first kappa shape index (κ1) is 13.6. The highest BCUT2D eigenvalue weighted by Crippen LogP contribution is 2.30. The first-order chi connectivity index (χ1) is 9.22. The van der Waals surface area contributed by atoms with E-state index in [2.05, 4.69) is 61.0 Å². The SMILES string of the molecule is Brc1ccc(I)cc1-c1cnc(CCNC2CC2)o1. The van der Waals surface area contributed by atoms with Gasteiger partial charge < -0.3 is 9.73 Å². The Morgan fingerprint density at radius 1 is 1.42 bits per heavy atom. The van der Waals surface area contributed by atoms with E-state index in [9.17, 15) is 0 Å². The second-order valence-corrected chi connectivity index (χ2v) is 6.82. The summed E-state index contributed by atoms with van der Waals surface area (Å²) >= 11 is 5.85. The summed E-state index contributed by atoms with van der Waals surface area (Å²) in [5.41, 5.74) is 1.06. The van der Waals surface area contributed by atoms with Crippen molar-refractivity contribution in [3.63, 3.8) is 0 Å². The van der Waals surface area contributed by atoms with E-state index in [0.717, 1.165) is 40.7 Å². The van der Waals surface area contributed by atoms with Crippen LogP contribution in [-0.2, 0) is 6.42 Å². The minimum Gasteiger partial charge on any atom is -0.441 e. The van der Waals surface area contributed by atoms with Crippen LogP contribution in [0, 0.1) is 3.57 Å². The molecule has 3 nitrogen and oxygen atoms in total. The molecule has 0 radical (unpaired) electrons. The van der Waals surface area contributed by atoms with Crippen LogP contribution in [0.4, 0.5) is 0 Å². The van der Waals surface area contributed by atoms with Crippen LogP contribution in [0.2, 0.25) is 0 Å². The van der Waals surface area contributed by atoms with Gasteiger partial charge in [-0.1, -0.05) is 15.9 Å². The number of benzene rings is 1. The van der Waals surface area contributed by atoms with Crippen LogP contribution in [0.15, 0.2) is 33.3 Å². The minimum atomic E-state index is 0.735. The van der Waals surface area contributed by atoms with E-state index in [-0.39, 0.29) is 0 Å². The average molecular weight is 433 g/mol. The Kier molecular flexibility index (Phi) is 4.24. The molecule has 0 aliphatic heterocycles. The molecule has 1 aromatic carbocycles. The van der Waals surface area contributed by atoms with E-state index < -0.39 is 0 Å². The highest BCUT2D eigenvalue weighted by atomic mass is 127. The Morgan fingerprint density at radius 2 is 2.26 bits per heavy atom. The molecule has 5 heteroatoms. The fourth-order valence-electron chi connectivity index (χ4n) is 1.91. The van der Waals surface area contributed by atoms with Crippen molar-refractivity contribution < 1.29 is 4.42 Å². The van der Waals surface area contributed by atoms with Crippen LogP contribution in [0.25, 0.3) is 11.3 Å². The Balaban J connectivity index is 1.70. The quantitative estimate of drug-likeness (QED) is 0.725.